The van der Waals surface area contributed by atoms with Gasteiger partial charge in [0.1, 0.15) is 0 Å². The van der Waals surface area contributed by atoms with Gasteiger partial charge in [-0.1, -0.05) is 25.3 Å². The van der Waals surface area contributed by atoms with Crippen molar-refractivity contribution in [3.63, 3.8) is 0 Å². The summed E-state index contributed by atoms with van der Waals surface area (Å²) in [5.41, 5.74) is 0.779. The summed E-state index contributed by atoms with van der Waals surface area (Å²) in [6, 6.07) is 6.79. The van der Waals surface area contributed by atoms with E-state index in [1.807, 2.05) is 0 Å². The second-order valence-electron chi connectivity index (χ2n) is 7.55. The average molecular weight is 381 g/mol. The van der Waals surface area contributed by atoms with Crippen molar-refractivity contribution >= 4 is 21.6 Å². The molecule has 0 aromatic heterocycles. The fourth-order valence-electron chi connectivity index (χ4n) is 3.94. The molecule has 144 valence electrons. The van der Waals surface area contributed by atoms with Crippen LogP contribution in [0.1, 0.15) is 55.3 Å². The number of amides is 1. The lowest BCUT2D eigenvalue weighted by Gasteiger charge is -2.35. The van der Waals surface area contributed by atoms with Gasteiger partial charge in [0.15, 0.2) is 0 Å². The maximum Gasteiger partial charge on any atom is 0.251 e. The summed E-state index contributed by atoms with van der Waals surface area (Å²) >= 11 is 0. The second kappa shape index (κ2) is 7.96. The van der Waals surface area contributed by atoms with E-state index in [2.05, 4.69) is 5.32 Å². The molecule has 1 amide bonds. The molecule has 1 aliphatic carbocycles. The van der Waals surface area contributed by atoms with Crippen molar-refractivity contribution in [3.8, 4) is 0 Å². The Morgan fingerprint density at radius 2 is 1.92 bits per heavy atom. The van der Waals surface area contributed by atoms with Crippen molar-refractivity contribution < 1.29 is 18.3 Å². The highest BCUT2D eigenvalue weighted by molar-refractivity contribution is 7.92. The van der Waals surface area contributed by atoms with Gasteiger partial charge < -0.3 is 10.4 Å². The number of aliphatic hydroxyl groups is 1. The van der Waals surface area contributed by atoms with Crippen LogP contribution in [0, 0.1) is 5.41 Å². The van der Waals surface area contributed by atoms with E-state index >= 15 is 0 Å². The number of sulfonamides is 1. The minimum atomic E-state index is -3.29. The lowest BCUT2D eigenvalue weighted by molar-refractivity contribution is 0.0718. The number of nitrogens with zero attached hydrogens (tertiary/aromatic N) is 1. The van der Waals surface area contributed by atoms with Crippen LogP contribution in [-0.4, -0.2) is 44.9 Å². The molecule has 2 N–H and O–H groups in total. The molecule has 0 atom stereocenters. The molecule has 26 heavy (non-hydrogen) atoms. The Labute approximate surface area is 155 Å². The highest BCUT2D eigenvalue weighted by Crippen LogP contribution is 2.35. The minimum absolute atomic E-state index is 0.0827. The number of hydrogen-bond acceptors (Lipinski definition) is 4. The lowest BCUT2D eigenvalue weighted by Crippen LogP contribution is -2.41. The number of rotatable bonds is 5. The predicted octanol–water partition coefficient (Wildman–Crippen LogP) is 2.29. The van der Waals surface area contributed by atoms with Gasteiger partial charge in [-0.3, -0.25) is 9.10 Å². The summed E-state index contributed by atoms with van der Waals surface area (Å²) in [4.78, 5) is 12.6. The molecule has 1 heterocycles. The molecule has 2 aliphatic rings. The first-order valence-corrected chi connectivity index (χ1v) is 11.1. The van der Waals surface area contributed by atoms with E-state index in [0.717, 1.165) is 32.1 Å². The zero-order chi connectivity index (χ0) is 18.6. The first-order valence-electron chi connectivity index (χ1n) is 9.45. The zero-order valence-electron chi connectivity index (χ0n) is 15.1. The molecule has 1 aromatic carbocycles. The minimum Gasteiger partial charge on any atom is -0.396 e. The summed E-state index contributed by atoms with van der Waals surface area (Å²) in [7, 11) is -3.29. The quantitative estimate of drug-likeness (QED) is 0.821. The van der Waals surface area contributed by atoms with Crippen LogP contribution in [0.3, 0.4) is 0 Å². The Morgan fingerprint density at radius 3 is 2.62 bits per heavy atom. The van der Waals surface area contributed by atoms with Gasteiger partial charge in [0.05, 0.1) is 18.0 Å². The first kappa shape index (κ1) is 19.2. The molecule has 1 saturated carbocycles. The molecule has 0 radical (unpaired) electrons. The van der Waals surface area contributed by atoms with Crippen LogP contribution >= 0.6 is 0 Å². The summed E-state index contributed by atoms with van der Waals surface area (Å²) in [6.45, 7) is 0.995. The predicted molar refractivity (Wildman–Crippen MR) is 102 cm³/mol. The number of benzene rings is 1. The summed E-state index contributed by atoms with van der Waals surface area (Å²) < 4.78 is 26.0. The molecule has 0 bridgehead atoms. The van der Waals surface area contributed by atoms with E-state index in [-0.39, 0.29) is 23.7 Å². The van der Waals surface area contributed by atoms with Gasteiger partial charge in [-0.25, -0.2) is 8.42 Å². The van der Waals surface area contributed by atoms with Crippen molar-refractivity contribution in [1.82, 2.24) is 5.32 Å². The highest BCUT2D eigenvalue weighted by atomic mass is 32.2. The number of hydrogen-bond donors (Lipinski definition) is 2. The van der Waals surface area contributed by atoms with Gasteiger partial charge in [0.2, 0.25) is 10.0 Å². The number of carbonyl (C=O) groups is 1. The Morgan fingerprint density at radius 1 is 1.15 bits per heavy atom. The Bertz CT molecular complexity index is 742. The first-order chi connectivity index (χ1) is 12.5. The second-order valence-corrected chi connectivity index (χ2v) is 9.56. The van der Waals surface area contributed by atoms with Crippen LogP contribution in [0.15, 0.2) is 24.3 Å². The van der Waals surface area contributed by atoms with E-state index < -0.39 is 10.0 Å². The van der Waals surface area contributed by atoms with Crippen LogP contribution < -0.4 is 9.62 Å². The molecule has 1 saturated heterocycles. The Kier molecular flexibility index (Phi) is 5.87. The van der Waals surface area contributed by atoms with Gasteiger partial charge >= 0.3 is 0 Å². The normalized spacial score (nSPS) is 22.0. The van der Waals surface area contributed by atoms with E-state index in [0.29, 0.717) is 30.8 Å². The SMILES string of the molecule is O=C(NCC1(CO)CCCCC1)c1cccc(N2CCCCS2(=O)=O)c1. The van der Waals surface area contributed by atoms with Crippen molar-refractivity contribution in [3.05, 3.63) is 29.8 Å². The van der Waals surface area contributed by atoms with E-state index in [4.69, 9.17) is 0 Å². The molecule has 0 spiro atoms. The number of carbonyl (C=O) groups excluding carboxylic acids is 1. The third-order valence-corrected chi connectivity index (χ3v) is 7.49. The molecule has 2 fully saturated rings. The van der Waals surface area contributed by atoms with Crippen LogP contribution in [0.2, 0.25) is 0 Å². The van der Waals surface area contributed by atoms with Gasteiger partial charge in [0.25, 0.3) is 5.91 Å². The molecule has 3 rings (SSSR count). The van der Waals surface area contributed by atoms with Crippen LogP contribution in [0.4, 0.5) is 5.69 Å². The topological polar surface area (TPSA) is 86.7 Å². The van der Waals surface area contributed by atoms with Gasteiger partial charge in [0, 0.05) is 24.1 Å². The Balaban J connectivity index is 1.70. The fraction of sp³-hybridized carbons (Fsp3) is 0.632. The van der Waals surface area contributed by atoms with E-state index in [9.17, 15) is 18.3 Å². The third-order valence-electron chi connectivity index (χ3n) is 5.62. The fourth-order valence-corrected chi connectivity index (χ4v) is 5.57. The number of anilines is 1. The van der Waals surface area contributed by atoms with E-state index in [1.54, 1.807) is 24.3 Å². The molecular formula is C19H28N2O4S. The van der Waals surface area contributed by atoms with Gasteiger partial charge in [-0.05, 0) is 43.9 Å². The average Bonchev–Trinajstić information content (AvgIpc) is 2.66. The molecule has 1 aliphatic heterocycles. The van der Waals surface area contributed by atoms with E-state index in [1.165, 1.54) is 10.7 Å². The molecule has 6 nitrogen and oxygen atoms in total. The van der Waals surface area contributed by atoms with Crippen LogP contribution in [0.25, 0.3) is 0 Å². The van der Waals surface area contributed by atoms with Crippen molar-refractivity contribution in [2.75, 3.05) is 29.8 Å². The summed E-state index contributed by atoms with van der Waals surface area (Å²) in [5, 5.41) is 12.7. The third kappa shape index (κ3) is 4.20. The van der Waals surface area contributed by atoms with Gasteiger partial charge in [-0.2, -0.15) is 0 Å². The van der Waals surface area contributed by atoms with Crippen molar-refractivity contribution in [2.24, 2.45) is 5.41 Å². The molecule has 1 aromatic rings. The summed E-state index contributed by atoms with van der Waals surface area (Å²) in [5.74, 6) is -0.0673. The van der Waals surface area contributed by atoms with Crippen LogP contribution in [0.5, 0.6) is 0 Å². The Hall–Kier alpha value is -1.60. The standard InChI is InChI=1S/C19H28N2O4S/c22-15-19(9-2-1-3-10-19)14-20-18(23)16-7-6-8-17(13-16)21-11-4-5-12-26(21,24)25/h6-8,13,22H,1-5,9-12,14-15H2,(H,20,23). The zero-order valence-corrected chi connectivity index (χ0v) is 15.9. The maximum atomic E-state index is 12.6. The summed E-state index contributed by atoms with van der Waals surface area (Å²) in [6.07, 6.45) is 6.71. The largest absolute Gasteiger partial charge is 0.396 e. The van der Waals surface area contributed by atoms with Crippen LogP contribution in [-0.2, 0) is 10.0 Å². The molecule has 7 heteroatoms. The lowest BCUT2D eigenvalue weighted by atomic mass is 9.74. The number of aliphatic hydroxyl groups excluding tert-OH is 1. The smallest absolute Gasteiger partial charge is 0.251 e. The maximum absolute atomic E-state index is 12.6. The van der Waals surface area contributed by atoms with Crippen molar-refractivity contribution in [2.45, 2.75) is 44.9 Å². The van der Waals surface area contributed by atoms with Gasteiger partial charge in [-0.15, -0.1) is 0 Å². The highest BCUT2D eigenvalue weighted by Gasteiger charge is 2.32. The molecule has 0 unspecified atom stereocenters. The van der Waals surface area contributed by atoms with Crippen molar-refractivity contribution in [1.29, 1.82) is 0 Å². The number of nitrogens with one attached hydrogen (secondary N) is 1. The molecular weight excluding hydrogens is 352 g/mol. The monoisotopic (exact) mass is 380 g/mol.